The zero-order chi connectivity index (χ0) is 25.3. The van der Waals surface area contributed by atoms with E-state index < -0.39 is 9.04 Å². The number of hydrogen-bond acceptors (Lipinski definition) is 3. The van der Waals surface area contributed by atoms with Crippen LogP contribution in [0.3, 0.4) is 0 Å². The Morgan fingerprint density at radius 2 is 1.31 bits per heavy atom. The van der Waals surface area contributed by atoms with Gasteiger partial charge < -0.3 is 9.33 Å². The third-order valence-corrected chi connectivity index (χ3v) is 8.84. The van der Waals surface area contributed by atoms with Gasteiger partial charge in [-0.05, 0) is 40.8 Å². The molecule has 0 unspecified atom stereocenters. The number of benzene rings is 3. The molecule has 0 saturated heterocycles. The molecule has 3 aromatic carbocycles. The van der Waals surface area contributed by atoms with Crippen LogP contribution in [0.15, 0.2) is 72.8 Å². The average Bonchev–Trinajstić information content (AvgIpc) is 2.87. The van der Waals surface area contributed by atoms with E-state index in [1.54, 1.807) is 0 Å². The van der Waals surface area contributed by atoms with E-state index in [0.717, 1.165) is 67.6 Å². The molecule has 0 aromatic heterocycles. The molecule has 35 heavy (non-hydrogen) atoms. The third-order valence-electron chi connectivity index (χ3n) is 6.39. The molecule has 0 amide bonds. The van der Waals surface area contributed by atoms with Gasteiger partial charge in [0.2, 0.25) is 0 Å². The van der Waals surface area contributed by atoms with Gasteiger partial charge in [0, 0.05) is 24.2 Å². The number of carbonyl (C=O) groups is 1. The highest BCUT2D eigenvalue weighted by atomic mass is 28.3. The van der Waals surface area contributed by atoms with Crippen LogP contribution in [0.4, 0.5) is 5.69 Å². The van der Waals surface area contributed by atoms with Crippen LogP contribution in [0.5, 0.6) is 5.75 Å². The van der Waals surface area contributed by atoms with Crippen molar-refractivity contribution in [1.82, 2.24) is 0 Å². The van der Waals surface area contributed by atoms with Crippen LogP contribution in [0.1, 0.15) is 76.2 Å². The summed E-state index contributed by atoms with van der Waals surface area (Å²) in [4.78, 5) is 14.7. The molecule has 186 valence electrons. The molecule has 0 N–H and O–H groups in total. The molecule has 0 heterocycles. The Morgan fingerprint density at radius 3 is 1.74 bits per heavy atom. The summed E-state index contributed by atoms with van der Waals surface area (Å²) in [5.74, 6) is 0.888. The fourth-order valence-corrected chi connectivity index (χ4v) is 6.85. The highest BCUT2D eigenvalue weighted by Crippen LogP contribution is 2.41. The number of nitrogens with zero attached hydrogens (tertiary/aromatic N) is 1. The quantitative estimate of drug-likeness (QED) is 0.228. The lowest BCUT2D eigenvalue weighted by Gasteiger charge is -2.34. The molecule has 3 rings (SSSR count). The van der Waals surface area contributed by atoms with Gasteiger partial charge in [-0.1, -0.05) is 108 Å². The van der Waals surface area contributed by atoms with Crippen molar-refractivity contribution in [3.8, 4) is 5.75 Å². The maximum atomic E-state index is 12.2. The second-order valence-corrected chi connectivity index (χ2v) is 12.6. The van der Waals surface area contributed by atoms with Gasteiger partial charge in [-0.2, -0.15) is 0 Å². The fraction of sp³-hybridized carbons (Fsp3) is 0.387. The monoisotopic (exact) mass is 487 g/mol. The minimum atomic E-state index is -2.07. The Balaban J connectivity index is 2.23. The van der Waals surface area contributed by atoms with E-state index >= 15 is 0 Å². The van der Waals surface area contributed by atoms with E-state index in [0.29, 0.717) is 0 Å². The molecule has 0 spiro atoms. The highest BCUT2D eigenvalue weighted by Gasteiger charge is 2.30. The fourth-order valence-electron chi connectivity index (χ4n) is 4.58. The normalized spacial score (nSPS) is 11.5. The number of hydrogen-bond donors (Lipinski definition) is 0. The van der Waals surface area contributed by atoms with Gasteiger partial charge in [0.15, 0.2) is 0 Å². The molecule has 0 radical (unpaired) electrons. The maximum absolute atomic E-state index is 12.2. The Hall–Kier alpha value is -2.85. The predicted octanol–water partition coefficient (Wildman–Crippen LogP) is 6.12. The van der Waals surface area contributed by atoms with Crippen molar-refractivity contribution in [1.29, 1.82) is 0 Å². The second-order valence-electron chi connectivity index (χ2n) is 10.3. The van der Waals surface area contributed by atoms with Crippen LogP contribution >= 0.6 is 0 Å². The van der Waals surface area contributed by atoms with E-state index in [2.05, 4.69) is 106 Å². The summed E-state index contributed by atoms with van der Waals surface area (Å²) in [5, 5.41) is 2.46. The van der Waals surface area contributed by atoms with Crippen molar-refractivity contribution < 1.29 is 9.22 Å². The summed E-state index contributed by atoms with van der Waals surface area (Å²) in [5.41, 5.74) is 2.60. The summed E-state index contributed by atoms with van der Waals surface area (Å²) in [6.45, 7) is 13.0. The van der Waals surface area contributed by atoms with Crippen molar-refractivity contribution >= 4 is 31.4 Å². The smallest absolute Gasteiger partial charge is 0.299 e. The zero-order valence-corrected chi connectivity index (χ0v) is 23.2. The van der Waals surface area contributed by atoms with Gasteiger partial charge in [-0.25, -0.2) is 0 Å². The van der Waals surface area contributed by atoms with Crippen molar-refractivity contribution in [2.24, 2.45) is 0 Å². The Bertz CT molecular complexity index is 1010. The van der Waals surface area contributed by atoms with Crippen LogP contribution in [0.25, 0.3) is 0 Å². The van der Waals surface area contributed by atoms with Crippen LogP contribution in [-0.2, 0) is 5.41 Å². The highest BCUT2D eigenvalue weighted by molar-refractivity contribution is 6.80. The topological polar surface area (TPSA) is 29.5 Å². The van der Waals surface area contributed by atoms with E-state index in [1.807, 2.05) is 6.07 Å². The molecule has 0 aliphatic heterocycles. The van der Waals surface area contributed by atoms with Crippen molar-refractivity contribution in [3.05, 3.63) is 83.9 Å². The molecular weight excluding hydrogens is 446 g/mol. The second kappa shape index (κ2) is 12.7. The van der Waals surface area contributed by atoms with Crippen LogP contribution < -0.4 is 19.7 Å². The molecular formula is C31H41NO2Si. The number of anilines is 1. The number of aldehydes is 1. The summed E-state index contributed by atoms with van der Waals surface area (Å²) >= 11 is 0. The number of carbonyl (C=O) groups excluding carboxylic acids is 1. The van der Waals surface area contributed by atoms with Gasteiger partial charge in [0.05, 0.1) is 5.69 Å². The van der Waals surface area contributed by atoms with Crippen LogP contribution in [-0.4, -0.2) is 28.4 Å². The van der Waals surface area contributed by atoms with E-state index in [4.69, 9.17) is 4.43 Å². The number of unbranched alkanes of at least 4 members (excludes halogenated alkanes) is 2. The molecule has 3 nitrogen and oxygen atoms in total. The average molecular weight is 488 g/mol. The summed E-state index contributed by atoms with van der Waals surface area (Å²) in [6, 6.07) is 25.3. The minimum absolute atomic E-state index is 0.241. The Labute approximate surface area is 213 Å². The van der Waals surface area contributed by atoms with Crippen molar-refractivity contribution in [2.75, 3.05) is 18.0 Å². The summed E-state index contributed by atoms with van der Waals surface area (Å²) in [7, 11) is -2.07. The van der Waals surface area contributed by atoms with Crippen LogP contribution in [0.2, 0.25) is 0 Å². The Kier molecular flexibility index (Phi) is 9.73. The molecule has 3 aromatic rings. The van der Waals surface area contributed by atoms with Crippen molar-refractivity contribution in [3.63, 3.8) is 0 Å². The minimum Gasteiger partial charge on any atom is -0.536 e. The number of rotatable bonds is 12. The lowest BCUT2D eigenvalue weighted by Crippen LogP contribution is -2.48. The first-order chi connectivity index (χ1) is 16.9. The Morgan fingerprint density at radius 1 is 0.800 bits per heavy atom. The molecule has 0 bridgehead atoms. The lowest BCUT2D eigenvalue weighted by molar-refractivity contribution is 0.112. The largest absolute Gasteiger partial charge is 0.536 e. The van der Waals surface area contributed by atoms with Gasteiger partial charge in [0.25, 0.3) is 9.04 Å². The first-order valence-corrected chi connectivity index (χ1v) is 14.7. The van der Waals surface area contributed by atoms with Gasteiger partial charge in [0.1, 0.15) is 12.0 Å². The predicted molar refractivity (Wildman–Crippen MR) is 152 cm³/mol. The van der Waals surface area contributed by atoms with E-state index in [1.165, 1.54) is 10.4 Å². The molecule has 0 aliphatic rings. The first kappa shape index (κ1) is 26.7. The SMILES string of the molecule is CCCCN(CCCC)c1ccc(C=O)c(C(C)(C)C)c1O[SiH](c1ccccc1)c1ccccc1. The first-order valence-electron chi connectivity index (χ1n) is 13.0. The van der Waals surface area contributed by atoms with Gasteiger partial charge in [-0.3, -0.25) is 4.79 Å². The van der Waals surface area contributed by atoms with Crippen molar-refractivity contribution in [2.45, 2.75) is 65.7 Å². The molecule has 0 fully saturated rings. The van der Waals surface area contributed by atoms with E-state index in [9.17, 15) is 4.79 Å². The van der Waals surface area contributed by atoms with Gasteiger partial charge >= 0.3 is 0 Å². The third kappa shape index (κ3) is 6.85. The molecule has 0 saturated carbocycles. The lowest BCUT2D eigenvalue weighted by atomic mass is 9.82. The zero-order valence-electron chi connectivity index (χ0n) is 22.1. The molecule has 0 atom stereocenters. The van der Waals surface area contributed by atoms with Crippen LogP contribution in [0, 0.1) is 0 Å². The van der Waals surface area contributed by atoms with Gasteiger partial charge in [-0.15, -0.1) is 0 Å². The summed E-state index contributed by atoms with van der Waals surface area (Å²) < 4.78 is 7.20. The summed E-state index contributed by atoms with van der Waals surface area (Å²) in [6.07, 6.45) is 5.52. The molecule has 4 heteroatoms. The maximum Gasteiger partial charge on any atom is 0.299 e. The van der Waals surface area contributed by atoms with E-state index in [-0.39, 0.29) is 5.41 Å². The standard InChI is InChI=1S/C31H41NO2Si/c1-6-8-22-32(23-9-7-2)28-21-20-25(24-33)29(31(3,4)5)30(28)34-35(26-16-12-10-13-17-26)27-18-14-11-15-19-27/h10-21,24,35H,6-9,22-23H2,1-5H3. The molecule has 0 aliphatic carbocycles.